The first kappa shape index (κ1) is 24.0. The summed E-state index contributed by atoms with van der Waals surface area (Å²) in [6.45, 7) is 5.47. The molecule has 2 aromatic heterocycles. The van der Waals surface area contributed by atoms with Crippen LogP contribution in [-0.4, -0.2) is 51.8 Å². The standard InChI is InChI=1S/C25H25ClFN7O2/c1-15-10-22(32-25(35)31-21-5-3-2-4-19(21)26)20(27)12-17(15)18-11-16(13-33-6-8-36-9-7-33)34-23(18)24(28)29-14-30-34/h2-5,10-12,14H,6-9,13H2,1H3,(H2,28,29,30)(H2,31,32,35). The molecule has 0 unspecified atom stereocenters. The van der Waals surface area contributed by atoms with Crippen LogP contribution in [0.15, 0.2) is 48.8 Å². The molecule has 0 saturated carbocycles. The first-order valence-electron chi connectivity index (χ1n) is 11.4. The van der Waals surface area contributed by atoms with E-state index in [4.69, 9.17) is 22.1 Å². The summed E-state index contributed by atoms with van der Waals surface area (Å²) < 4.78 is 22.4. The van der Waals surface area contributed by atoms with Crippen molar-refractivity contribution in [3.05, 3.63) is 70.9 Å². The molecule has 5 rings (SSSR count). The van der Waals surface area contributed by atoms with Gasteiger partial charge in [0.1, 0.15) is 17.7 Å². The van der Waals surface area contributed by atoms with Crippen LogP contribution in [0.4, 0.5) is 26.4 Å². The average Bonchev–Trinajstić information content (AvgIpc) is 3.22. The summed E-state index contributed by atoms with van der Waals surface area (Å²) >= 11 is 6.09. The Morgan fingerprint density at radius 3 is 2.67 bits per heavy atom. The lowest BCUT2D eigenvalue weighted by atomic mass is 10.00. The summed E-state index contributed by atoms with van der Waals surface area (Å²) in [5, 5.41) is 9.97. The van der Waals surface area contributed by atoms with E-state index in [1.807, 2.05) is 13.0 Å². The zero-order valence-electron chi connectivity index (χ0n) is 19.6. The number of anilines is 3. The average molecular weight is 510 g/mol. The maximum Gasteiger partial charge on any atom is 0.323 e. The Labute approximate surface area is 212 Å². The van der Waals surface area contributed by atoms with E-state index in [1.165, 1.54) is 12.4 Å². The third-order valence-electron chi connectivity index (χ3n) is 6.12. The van der Waals surface area contributed by atoms with Gasteiger partial charge in [-0.1, -0.05) is 23.7 Å². The molecule has 2 amide bonds. The predicted molar refractivity (Wildman–Crippen MR) is 138 cm³/mol. The van der Waals surface area contributed by atoms with E-state index in [2.05, 4.69) is 25.6 Å². The highest BCUT2D eigenvalue weighted by atomic mass is 35.5. The Morgan fingerprint density at radius 2 is 1.89 bits per heavy atom. The van der Waals surface area contributed by atoms with Crippen LogP contribution in [0.3, 0.4) is 0 Å². The van der Waals surface area contributed by atoms with E-state index in [0.29, 0.717) is 47.4 Å². The summed E-state index contributed by atoms with van der Waals surface area (Å²) in [7, 11) is 0. The van der Waals surface area contributed by atoms with E-state index in [9.17, 15) is 4.79 Å². The number of urea groups is 1. The molecule has 1 saturated heterocycles. The summed E-state index contributed by atoms with van der Waals surface area (Å²) in [5.41, 5.74) is 10.3. The molecular formula is C25H25ClFN7O2. The molecular weight excluding hydrogens is 485 g/mol. The fourth-order valence-corrected chi connectivity index (χ4v) is 4.53. The number of nitrogens with one attached hydrogen (secondary N) is 2. The Bertz CT molecular complexity index is 1440. The van der Waals surface area contributed by atoms with E-state index in [-0.39, 0.29) is 5.69 Å². The zero-order valence-corrected chi connectivity index (χ0v) is 20.3. The minimum atomic E-state index is -0.603. The number of rotatable bonds is 5. The predicted octanol–water partition coefficient (Wildman–Crippen LogP) is 4.56. The topological polar surface area (TPSA) is 110 Å². The molecule has 1 aliphatic rings. The van der Waals surface area contributed by atoms with Gasteiger partial charge >= 0.3 is 6.03 Å². The van der Waals surface area contributed by atoms with Gasteiger partial charge in [0.15, 0.2) is 5.82 Å². The summed E-state index contributed by atoms with van der Waals surface area (Å²) in [4.78, 5) is 18.9. The highest BCUT2D eigenvalue weighted by molar-refractivity contribution is 6.33. The molecule has 3 heterocycles. The fourth-order valence-electron chi connectivity index (χ4n) is 4.35. The van der Waals surface area contributed by atoms with Gasteiger partial charge in [0, 0.05) is 25.2 Å². The number of nitrogens with zero attached hydrogens (tertiary/aromatic N) is 4. The minimum absolute atomic E-state index is 0.0436. The van der Waals surface area contributed by atoms with Crippen molar-refractivity contribution in [3.63, 3.8) is 0 Å². The number of fused-ring (bicyclic) bond motifs is 1. The molecule has 36 heavy (non-hydrogen) atoms. The number of carbonyl (C=O) groups excluding carboxylic acids is 1. The fraction of sp³-hybridized carbons (Fsp3) is 0.240. The zero-order chi connectivity index (χ0) is 25.2. The summed E-state index contributed by atoms with van der Waals surface area (Å²) in [6, 6.07) is 11.1. The highest BCUT2D eigenvalue weighted by Gasteiger charge is 2.21. The van der Waals surface area contributed by atoms with Gasteiger partial charge in [-0.25, -0.2) is 18.7 Å². The third-order valence-corrected chi connectivity index (χ3v) is 6.45. The van der Waals surface area contributed by atoms with E-state index < -0.39 is 11.8 Å². The molecule has 1 aliphatic heterocycles. The van der Waals surface area contributed by atoms with Crippen LogP contribution >= 0.6 is 11.6 Å². The van der Waals surface area contributed by atoms with Crippen molar-refractivity contribution in [2.75, 3.05) is 42.7 Å². The number of aromatic nitrogens is 3. The minimum Gasteiger partial charge on any atom is -0.382 e. The van der Waals surface area contributed by atoms with Crippen LogP contribution in [0.2, 0.25) is 5.02 Å². The first-order valence-corrected chi connectivity index (χ1v) is 11.8. The van der Waals surface area contributed by atoms with E-state index in [0.717, 1.165) is 29.9 Å². The SMILES string of the molecule is Cc1cc(NC(=O)Nc2ccccc2Cl)c(F)cc1-c1cc(CN2CCOCC2)n2ncnc(N)c12. The van der Waals surface area contributed by atoms with Gasteiger partial charge in [0.25, 0.3) is 0 Å². The summed E-state index contributed by atoms with van der Waals surface area (Å²) in [6.07, 6.45) is 1.41. The molecule has 186 valence electrons. The first-order chi connectivity index (χ1) is 17.4. The number of halogens is 2. The Hall–Kier alpha value is -3.73. The normalized spacial score (nSPS) is 14.2. The molecule has 11 heteroatoms. The molecule has 4 N–H and O–H groups in total. The monoisotopic (exact) mass is 509 g/mol. The van der Waals surface area contributed by atoms with Crippen LogP contribution in [0.25, 0.3) is 16.6 Å². The van der Waals surface area contributed by atoms with Crippen molar-refractivity contribution in [2.24, 2.45) is 0 Å². The number of amides is 2. The Morgan fingerprint density at radius 1 is 1.14 bits per heavy atom. The Kier molecular flexibility index (Phi) is 6.73. The third kappa shape index (κ3) is 4.83. The van der Waals surface area contributed by atoms with Crippen LogP contribution in [0.1, 0.15) is 11.3 Å². The van der Waals surface area contributed by atoms with Gasteiger partial charge in [-0.2, -0.15) is 5.10 Å². The quantitative estimate of drug-likeness (QED) is 0.364. The van der Waals surface area contributed by atoms with Crippen LogP contribution in [-0.2, 0) is 11.3 Å². The largest absolute Gasteiger partial charge is 0.382 e. The molecule has 1 fully saturated rings. The molecule has 4 aromatic rings. The van der Waals surface area contributed by atoms with Crippen molar-refractivity contribution < 1.29 is 13.9 Å². The number of aryl methyl sites for hydroxylation is 1. The number of nitrogen functional groups attached to an aromatic ring is 1. The second kappa shape index (κ2) is 10.1. The van der Waals surface area contributed by atoms with Crippen molar-refractivity contribution >= 4 is 40.3 Å². The Balaban J connectivity index is 1.46. The smallest absolute Gasteiger partial charge is 0.323 e. The second-order valence-electron chi connectivity index (χ2n) is 8.55. The molecule has 0 atom stereocenters. The highest BCUT2D eigenvalue weighted by Crippen LogP contribution is 2.35. The second-order valence-corrected chi connectivity index (χ2v) is 8.96. The number of para-hydroxylation sites is 1. The van der Waals surface area contributed by atoms with Gasteiger partial charge in [-0.05, 0) is 48.4 Å². The lowest BCUT2D eigenvalue weighted by Gasteiger charge is -2.26. The molecule has 9 nitrogen and oxygen atoms in total. The van der Waals surface area contributed by atoms with Crippen molar-refractivity contribution in [3.8, 4) is 11.1 Å². The van der Waals surface area contributed by atoms with Crippen LogP contribution < -0.4 is 16.4 Å². The molecule has 0 spiro atoms. The van der Waals surface area contributed by atoms with Gasteiger partial charge in [-0.3, -0.25) is 4.90 Å². The number of hydrogen-bond acceptors (Lipinski definition) is 6. The summed E-state index contributed by atoms with van der Waals surface area (Å²) in [5.74, 6) is -0.288. The number of morpholine rings is 1. The van der Waals surface area contributed by atoms with Gasteiger partial charge in [0.05, 0.1) is 35.3 Å². The number of nitrogens with two attached hydrogens (primary N) is 1. The van der Waals surface area contributed by atoms with Crippen LogP contribution in [0.5, 0.6) is 0 Å². The molecule has 0 aliphatic carbocycles. The maximum absolute atomic E-state index is 15.2. The van der Waals surface area contributed by atoms with Gasteiger partial charge < -0.3 is 21.1 Å². The van der Waals surface area contributed by atoms with Crippen molar-refractivity contribution in [1.82, 2.24) is 19.5 Å². The molecule has 2 aromatic carbocycles. The number of hydrogen-bond donors (Lipinski definition) is 3. The lowest BCUT2D eigenvalue weighted by molar-refractivity contribution is 0.0334. The van der Waals surface area contributed by atoms with E-state index >= 15 is 4.39 Å². The number of benzene rings is 2. The van der Waals surface area contributed by atoms with Crippen molar-refractivity contribution in [2.45, 2.75) is 13.5 Å². The molecule has 0 radical (unpaired) electrons. The van der Waals surface area contributed by atoms with Gasteiger partial charge in [0.2, 0.25) is 0 Å². The van der Waals surface area contributed by atoms with Crippen molar-refractivity contribution in [1.29, 1.82) is 0 Å². The number of carbonyl (C=O) groups is 1. The lowest BCUT2D eigenvalue weighted by Crippen LogP contribution is -2.36. The molecule has 0 bridgehead atoms. The van der Waals surface area contributed by atoms with Gasteiger partial charge in [-0.15, -0.1) is 0 Å². The maximum atomic E-state index is 15.2. The van der Waals surface area contributed by atoms with Crippen LogP contribution in [0, 0.1) is 12.7 Å². The number of ether oxygens (including phenoxy) is 1. The van der Waals surface area contributed by atoms with E-state index in [1.54, 1.807) is 34.8 Å².